The molecule has 0 fully saturated rings. The maximum absolute atomic E-state index is 10.3. The Kier molecular flexibility index (Phi) is 5.33. The molecular weight excluding hydrogens is 396 g/mol. The third kappa shape index (κ3) is 3.61. The Morgan fingerprint density at radius 2 is 1.14 bits per heavy atom. The van der Waals surface area contributed by atoms with E-state index in [2.05, 4.69) is 31.9 Å². The minimum atomic E-state index is 0.306. The van der Waals surface area contributed by atoms with Crippen molar-refractivity contribution < 1.29 is 10.2 Å². The second-order valence-corrected chi connectivity index (χ2v) is 6.41. The molecule has 0 atom stereocenters. The molecule has 4 heteroatoms. The highest BCUT2D eigenvalue weighted by Gasteiger charge is 2.12. The first kappa shape index (κ1) is 16.4. The van der Waals surface area contributed by atoms with Crippen LogP contribution in [-0.2, 0) is 17.1 Å². The first-order valence-electron chi connectivity index (χ1n) is 6.71. The van der Waals surface area contributed by atoms with Gasteiger partial charge in [-0.3, -0.25) is 0 Å². The number of hydrogen-bond donors (Lipinski definition) is 2. The highest BCUT2D eigenvalue weighted by molar-refractivity contribution is 9.08. The third-order valence-corrected chi connectivity index (χ3v) is 4.86. The summed E-state index contributed by atoms with van der Waals surface area (Å²) < 4.78 is 0. The van der Waals surface area contributed by atoms with Gasteiger partial charge in [0.2, 0.25) is 0 Å². The van der Waals surface area contributed by atoms with Crippen LogP contribution in [0.4, 0.5) is 0 Å². The van der Waals surface area contributed by atoms with Crippen molar-refractivity contribution in [3.8, 4) is 11.5 Å². The molecule has 0 aliphatic heterocycles. The quantitative estimate of drug-likeness (QED) is 0.685. The van der Waals surface area contributed by atoms with Gasteiger partial charge in [-0.15, -0.1) is 0 Å². The summed E-state index contributed by atoms with van der Waals surface area (Å²) in [5, 5.41) is 22.0. The van der Waals surface area contributed by atoms with Gasteiger partial charge in [0.05, 0.1) is 0 Å². The summed E-state index contributed by atoms with van der Waals surface area (Å²) in [6.45, 7) is 3.79. The molecule has 2 aromatic carbocycles. The fourth-order valence-corrected chi connectivity index (χ4v) is 3.14. The number of aromatic hydroxyl groups is 2. The van der Waals surface area contributed by atoms with Gasteiger partial charge >= 0.3 is 0 Å². The summed E-state index contributed by atoms with van der Waals surface area (Å²) >= 11 is 6.89. The van der Waals surface area contributed by atoms with Gasteiger partial charge in [0.1, 0.15) is 11.5 Å². The van der Waals surface area contributed by atoms with Crippen LogP contribution >= 0.6 is 31.9 Å². The van der Waals surface area contributed by atoms with E-state index in [4.69, 9.17) is 0 Å². The smallest absolute Gasteiger partial charge is 0.122 e. The SMILES string of the molecule is Cc1cc(CBr)cc(Cc2cc(CBr)cc(C)c2O)c1O. The van der Waals surface area contributed by atoms with Crippen molar-refractivity contribution in [2.75, 3.05) is 0 Å². The summed E-state index contributed by atoms with van der Waals surface area (Å²) in [5.41, 5.74) is 5.63. The molecule has 0 amide bonds. The number of alkyl halides is 2. The number of phenolic OH excluding ortho intramolecular Hbond substituents is 2. The Labute approximate surface area is 142 Å². The maximum Gasteiger partial charge on any atom is 0.122 e. The van der Waals surface area contributed by atoms with Crippen molar-refractivity contribution >= 4 is 31.9 Å². The van der Waals surface area contributed by atoms with Gasteiger partial charge in [0.15, 0.2) is 0 Å². The predicted octanol–water partition coefficient (Wildman–Crippen LogP) is 5.10. The van der Waals surface area contributed by atoms with E-state index in [0.29, 0.717) is 17.9 Å². The minimum Gasteiger partial charge on any atom is -0.507 e. The summed E-state index contributed by atoms with van der Waals surface area (Å²) in [7, 11) is 0. The van der Waals surface area contributed by atoms with Gasteiger partial charge in [-0.2, -0.15) is 0 Å². The molecule has 0 heterocycles. The molecule has 0 aliphatic rings. The maximum atomic E-state index is 10.3. The minimum absolute atomic E-state index is 0.306. The molecule has 0 unspecified atom stereocenters. The molecule has 0 bridgehead atoms. The molecule has 0 saturated carbocycles. The number of rotatable bonds is 4. The van der Waals surface area contributed by atoms with E-state index in [-0.39, 0.29) is 0 Å². The third-order valence-electron chi connectivity index (χ3n) is 3.57. The van der Waals surface area contributed by atoms with Crippen molar-refractivity contribution in [3.63, 3.8) is 0 Å². The van der Waals surface area contributed by atoms with Gasteiger partial charge < -0.3 is 10.2 Å². The summed E-state index contributed by atoms with van der Waals surface area (Å²) in [5.74, 6) is 0.613. The summed E-state index contributed by atoms with van der Waals surface area (Å²) in [4.78, 5) is 0. The van der Waals surface area contributed by atoms with Crippen LogP contribution in [0, 0.1) is 13.8 Å². The van der Waals surface area contributed by atoms with E-state index in [1.807, 2.05) is 38.1 Å². The highest BCUT2D eigenvalue weighted by atomic mass is 79.9. The first-order chi connectivity index (χ1) is 9.96. The Hall–Kier alpha value is -1.00. The van der Waals surface area contributed by atoms with Crippen LogP contribution in [-0.4, -0.2) is 10.2 Å². The van der Waals surface area contributed by atoms with Crippen LogP contribution in [0.5, 0.6) is 11.5 Å². The second kappa shape index (κ2) is 6.84. The van der Waals surface area contributed by atoms with Crippen molar-refractivity contribution in [1.82, 2.24) is 0 Å². The Bertz CT molecular complexity index is 609. The van der Waals surface area contributed by atoms with E-state index in [1.165, 1.54) is 0 Å². The molecule has 0 radical (unpaired) electrons. The largest absolute Gasteiger partial charge is 0.507 e. The van der Waals surface area contributed by atoms with Crippen molar-refractivity contribution in [1.29, 1.82) is 0 Å². The highest BCUT2D eigenvalue weighted by Crippen LogP contribution is 2.32. The molecule has 112 valence electrons. The Morgan fingerprint density at radius 3 is 1.48 bits per heavy atom. The lowest BCUT2D eigenvalue weighted by molar-refractivity contribution is 0.458. The summed E-state index contributed by atoms with van der Waals surface area (Å²) in [6, 6.07) is 7.89. The number of phenols is 2. The van der Waals surface area contributed by atoms with Gasteiger partial charge in [0, 0.05) is 17.1 Å². The Balaban J connectivity index is 2.47. The molecule has 0 spiro atoms. The van der Waals surface area contributed by atoms with Crippen LogP contribution in [0.2, 0.25) is 0 Å². The van der Waals surface area contributed by atoms with Crippen LogP contribution in [0.15, 0.2) is 24.3 Å². The summed E-state index contributed by atoms with van der Waals surface area (Å²) in [6.07, 6.45) is 0.515. The monoisotopic (exact) mass is 412 g/mol. The fraction of sp³-hybridized carbons (Fsp3) is 0.294. The van der Waals surface area contributed by atoms with E-state index in [1.54, 1.807) is 0 Å². The fourth-order valence-electron chi connectivity index (χ4n) is 2.50. The van der Waals surface area contributed by atoms with Crippen molar-refractivity contribution in [2.45, 2.75) is 30.9 Å². The zero-order valence-electron chi connectivity index (χ0n) is 12.1. The average Bonchev–Trinajstić information content (AvgIpc) is 2.47. The number of benzene rings is 2. The standard InChI is InChI=1S/C17H18Br2O2/c1-10-3-12(8-18)5-14(16(10)20)7-15-6-13(9-19)4-11(2)17(15)21/h3-6,20-21H,7-9H2,1-2H3. The lowest BCUT2D eigenvalue weighted by Crippen LogP contribution is -1.96. The van der Waals surface area contributed by atoms with Crippen molar-refractivity contribution in [3.05, 3.63) is 57.6 Å². The molecule has 2 rings (SSSR count). The van der Waals surface area contributed by atoms with E-state index in [0.717, 1.165) is 44.0 Å². The average molecular weight is 414 g/mol. The van der Waals surface area contributed by atoms with E-state index in [9.17, 15) is 10.2 Å². The lowest BCUT2D eigenvalue weighted by atomic mass is 9.96. The van der Waals surface area contributed by atoms with E-state index >= 15 is 0 Å². The molecule has 21 heavy (non-hydrogen) atoms. The molecule has 2 N–H and O–H groups in total. The molecule has 2 nitrogen and oxygen atoms in total. The van der Waals surface area contributed by atoms with Crippen LogP contribution < -0.4 is 0 Å². The topological polar surface area (TPSA) is 40.5 Å². The van der Waals surface area contributed by atoms with E-state index < -0.39 is 0 Å². The zero-order valence-corrected chi connectivity index (χ0v) is 15.3. The van der Waals surface area contributed by atoms with Gasteiger partial charge in [0.25, 0.3) is 0 Å². The van der Waals surface area contributed by atoms with Crippen LogP contribution in [0.1, 0.15) is 33.4 Å². The molecule has 0 aliphatic carbocycles. The number of hydrogen-bond acceptors (Lipinski definition) is 2. The van der Waals surface area contributed by atoms with Crippen LogP contribution in [0.25, 0.3) is 0 Å². The Morgan fingerprint density at radius 1 is 0.762 bits per heavy atom. The molecular formula is C17H18Br2O2. The second-order valence-electron chi connectivity index (χ2n) is 5.28. The van der Waals surface area contributed by atoms with Crippen LogP contribution in [0.3, 0.4) is 0 Å². The normalized spacial score (nSPS) is 10.9. The van der Waals surface area contributed by atoms with Gasteiger partial charge in [-0.05, 0) is 47.2 Å². The first-order valence-corrected chi connectivity index (χ1v) is 8.95. The van der Waals surface area contributed by atoms with Gasteiger partial charge in [-0.1, -0.05) is 56.1 Å². The molecule has 0 aromatic heterocycles. The molecule has 2 aromatic rings. The number of aryl methyl sites for hydroxylation is 2. The zero-order chi connectivity index (χ0) is 15.6. The lowest BCUT2D eigenvalue weighted by Gasteiger charge is -2.13. The van der Waals surface area contributed by atoms with Gasteiger partial charge in [-0.25, -0.2) is 0 Å². The number of halogens is 2. The van der Waals surface area contributed by atoms with Crippen molar-refractivity contribution in [2.24, 2.45) is 0 Å². The predicted molar refractivity (Wildman–Crippen MR) is 93.8 cm³/mol. The molecule has 0 saturated heterocycles.